The van der Waals surface area contributed by atoms with Gasteiger partial charge in [0.25, 0.3) is 0 Å². The lowest BCUT2D eigenvalue weighted by Gasteiger charge is -2.20. The summed E-state index contributed by atoms with van der Waals surface area (Å²) < 4.78 is 5.42. The minimum atomic E-state index is -1.09. The van der Waals surface area contributed by atoms with Gasteiger partial charge in [-0.3, -0.25) is 9.59 Å². The number of carbonyl (C=O) groups is 3. The number of rotatable bonds is 8. The molecule has 2 N–H and O–H groups in total. The fourth-order valence-corrected chi connectivity index (χ4v) is 3.62. The minimum Gasteiger partial charge on any atom is -0.480 e. The van der Waals surface area contributed by atoms with E-state index >= 15 is 0 Å². The van der Waals surface area contributed by atoms with Gasteiger partial charge in [-0.2, -0.15) is 0 Å². The molecule has 8 heteroatoms. The van der Waals surface area contributed by atoms with Gasteiger partial charge in [-0.15, -0.1) is 24.0 Å². The Hall–Kier alpha value is -2.62. The third-order valence-electron chi connectivity index (χ3n) is 4.98. The van der Waals surface area contributed by atoms with Crippen LogP contribution in [0.15, 0.2) is 48.5 Å². The molecule has 2 aromatic rings. The molecule has 7 nitrogen and oxygen atoms in total. The molecule has 0 aliphatic heterocycles. The lowest BCUT2D eigenvalue weighted by Crippen LogP contribution is -2.41. The number of benzene rings is 2. The van der Waals surface area contributed by atoms with E-state index in [4.69, 9.17) is 9.84 Å². The van der Waals surface area contributed by atoms with Crippen molar-refractivity contribution in [2.24, 2.45) is 0 Å². The standard InChI is InChI=1S/C22H24N2O5.HI/c1-2-20(25)24(13-21(26)27)12-11-23-22(28)29-14-19-17-9-5-3-7-15(17)16-8-4-6-10-18(16)19;/h3-10,19H,2,11-14H2,1H3,(H,23,28)(H,26,27);1H. The van der Waals surface area contributed by atoms with Crippen LogP contribution < -0.4 is 5.32 Å². The molecule has 1 aliphatic rings. The Balaban J connectivity index is 0.00000320. The van der Waals surface area contributed by atoms with E-state index in [1.165, 1.54) is 4.90 Å². The first-order valence-electron chi connectivity index (χ1n) is 9.59. The first-order chi connectivity index (χ1) is 14.0. The van der Waals surface area contributed by atoms with Gasteiger partial charge >= 0.3 is 12.1 Å². The predicted octanol–water partition coefficient (Wildman–Crippen LogP) is 3.47. The second kappa shape index (κ2) is 11.0. The van der Waals surface area contributed by atoms with Crippen molar-refractivity contribution in [1.82, 2.24) is 10.2 Å². The fraction of sp³-hybridized carbons (Fsp3) is 0.318. The van der Waals surface area contributed by atoms with Gasteiger partial charge in [0.15, 0.2) is 0 Å². The van der Waals surface area contributed by atoms with E-state index in [9.17, 15) is 14.4 Å². The molecule has 30 heavy (non-hydrogen) atoms. The molecule has 0 spiro atoms. The number of halogens is 1. The van der Waals surface area contributed by atoms with Crippen molar-refractivity contribution < 1.29 is 24.2 Å². The van der Waals surface area contributed by atoms with Gasteiger partial charge in [0.05, 0.1) is 0 Å². The molecular weight excluding hydrogens is 499 g/mol. The number of carboxylic acid groups (broad SMARTS) is 1. The summed E-state index contributed by atoms with van der Waals surface area (Å²) in [5.41, 5.74) is 4.56. The van der Waals surface area contributed by atoms with Gasteiger partial charge in [-0.25, -0.2) is 4.79 Å². The predicted molar refractivity (Wildman–Crippen MR) is 123 cm³/mol. The average molecular weight is 524 g/mol. The van der Waals surface area contributed by atoms with Crippen LogP contribution in [0.25, 0.3) is 11.1 Å². The highest BCUT2D eigenvalue weighted by Crippen LogP contribution is 2.44. The van der Waals surface area contributed by atoms with Crippen molar-refractivity contribution in [2.75, 3.05) is 26.2 Å². The van der Waals surface area contributed by atoms with Crippen LogP contribution >= 0.6 is 24.0 Å². The van der Waals surface area contributed by atoms with Gasteiger partial charge < -0.3 is 20.1 Å². The van der Waals surface area contributed by atoms with Crippen molar-refractivity contribution >= 4 is 41.9 Å². The maximum atomic E-state index is 12.1. The number of nitrogens with zero attached hydrogens (tertiary/aromatic N) is 1. The van der Waals surface area contributed by atoms with E-state index in [2.05, 4.69) is 17.4 Å². The molecule has 0 aromatic heterocycles. The van der Waals surface area contributed by atoms with Crippen LogP contribution in [0.1, 0.15) is 30.4 Å². The topological polar surface area (TPSA) is 95.9 Å². The first kappa shape index (κ1) is 23.7. The molecule has 0 radical (unpaired) electrons. The second-order valence-corrected chi connectivity index (χ2v) is 6.81. The Kier molecular flexibility index (Phi) is 8.64. The van der Waals surface area contributed by atoms with Crippen LogP contribution in [0, 0.1) is 0 Å². The molecule has 0 saturated carbocycles. The van der Waals surface area contributed by atoms with Crippen LogP contribution in [0.2, 0.25) is 0 Å². The number of aliphatic carboxylic acids is 1. The van der Waals surface area contributed by atoms with Gasteiger partial charge in [0.1, 0.15) is 13.2 Å². The molecule has 0 heterocycles. The summed E-state index contributed by atoms with van der Waals surface area (Å²) in [5, 5.41) is 11.5. The van der Waals surface area contributed by atoms with Gasteiger partial charge in [0, 0.05) is 25.4 Å². The van der Waals surface area contributed by atoms with E-state index in [0.717, 1.165) is 22.3 Å². The molecule has 2 amide bonds. The van der Waals surface area contributed by atoms with E-state index < -0.39 is 12.1 Å². The normalized spacial score (nSPS) is 11.6. The Morgan fingerprint density at radius 1 is 1.03 bits per heavy atom. The van der Waals surface area contributed by atoms with E-state index in [0.29, 0.717) is 0 Å². The van der Waals surface area contributed by atoms with Crippen molar-refractivity contribution in [3.05, 3.63) is 59.7 Å². The summed E-state index contributed by atoms with van der Waals surface area (Å²) in [4.78, 5) is 36.0. The number of ether oxygens (including phenoxy) is 1. The summed E-state index contributed by atoms with van der Waals surface area (Å²) in [6, 6.07) is 16.1. The Labute approximate surface area is 192 Å². The maximum Gasteiger partial charge on any atom is 0.407 e. The number of hydrogen-bond donors (Lipinski definition) is 2. The molecule has 0 saturated heterocycles. The summed E-state index contributed by atoms with van der Waals surface area (Å²) in [6.45, 7) is 1.71. The van der Waals surface area contributed by atoms with Crippen molar-refractivity contribution in [3.63, 3.8) is 0 Å². The summed E-state index contributed by atoms with van der Waals surface area (Å²) in [6.07, 6.45) is -0.385. The molecule has 160 valence electrons. The van der Waals surface area contributed by atoms with Crippen molar-refractivity contribution in [3.8, 4) is 11.1 Å². The van der Waals surface area contributed by atoms with Gasteiger partial charge in [0.2, 0.25) is 5.91 Å². The Bertz CT molecular complexity index is 872. The van der Waals surface area contributed by atoms with Crippen LogP contribution in [0.3, 0.4) is 0 Å². The van der Waals surface area contributed by atoms with Crippen LogP contribution in [-0.2, 0) is 14.3 Å². The molecule has 0 fully saturated rings. The number of fused-ring (bicyclic) bond motifs is 3. The fourth-order valence-electron chi connectivity index (χ4n) is 3.62. The number of amides is 2. The third kappa shape index (κ3) is 5.50. The monoisotopic (exact) mass is 524 g/mol. The molecule has 1 aliphatic carbocycles. The van der Waals surface area contributed by atoms with E-state index in [-0.39, 0.29) is 68.5 Å². The summed E-state index contributed by atoms with van der Waals surface area (Å²) in [5.74, 6) is -1.40. The zero-order chi connectivity index (χ0) is 20.8. The summed E-state index contributed by atoms with van der Waals surface area (Å²) >= 11 is 0. The summed E-state index contributed by atoms with van der Waals surface area (Å²) in [7, 11) is 0. The largest absolute Gasteiger partial charge is 0.480 e. The highest BCUT2D eigenvalue weighted by Gasteiger charge is 2.29. The first-order valence-corrected chi connectivity index (χ1v) is 9.59. The molecule has 2 aromatic carbocycles. The molecule has 0 atom stereocenters. The van der Waals surface area contributed by atoms with E-state index in [1.54, 1.807) is 6.92 Å². The minimum absolute atomic E-state index is 0. The number of carbonyl (C=O) groups excluding carboxylic acids is 2. The highest BCUT2D eigenvalue weighted by atomic mass is 127. The van der Waals surface area contributed by atoms with Crippen molar-refractivity contribution in [1.29, 1.82) is 0 Å². The average Bonchev–Trinajstić information content (AvgIpc) is 3.04. The second-order valence-electron chi connectivity index (χ2n) is 6.81. The van der Waals surface area contributed by atoms with E-state index in [1.807, 2.05) is 36.4 Å². The number of carboxylic acids is 1. The zero-order valence-electron chi connectivity index (χ0n) is 16.7. The lowest BCUT2D eigenvalue weighted by atomic mass is 9.98. The van der Waals surface area contributed by atoms with Gasteiger partial charge in [-0.1, -0.05) is 55.5 Å². The smallest absolute Gasteiger partial charge is 0.407 e. The van der Waals surface area contributed by atoms with Crippen LogP contribution in [-0.4, -0.2) is 54.2 Å². The highest BCUT2D eigenvalue weighted by molar-refractivity contribution is 14.0. The Morgan fingerprint density at radius 2 is 1.60 bits per heavy atom. The van der Waals surface area contributed by atoms with Gasteiger partial charge in [-0.05, 0) is 22.3 Å². The molecule has 0 unspecified atom stereocenters. The zero-order valence-corrected chi connectivity index (χ0v) is 19.0. The number of hydrogen-bond acceptors (Lipinski definition) is 4. The number of nitrogens with one attached hydrogen (secondary N) is 1. The van der Waals surface area contributed by atoms with Crippen LogP contribution in [0.5, 0.6) is 0 Å². The van der Waals surface area contributed by atoms with Crippen LogP contribution in [0.4, 0.5) is 4.79 Å². The molecular formula is C22H25IN2O5. The number of alkyl carbamates (subject to hydrolysis) is 1. The van der Waals surface area contributed by atoms with Crippen molar-refractivity contribution in [2.45, 2.75) is 19.3 Å². The maximum absolute atomic E-state index is 12.1. The quantitative estimate of drug-likeness (QED) is 0.516. The Morgan fingerprint density at radius 3 is 2.13 bits per heavy atom. The molecule has 0 bridgehead atoms. The third-order valence-corrected chi connectivity index (χ3v) is 4.98. The lowest BCUT2D eigenvalue weighted by molar-refractivity contribution is -0.144. The molecule has 3 rings (SSSR count). The SMILES string of the molecule is CCC(=O)N(CCNC(=O)OCC1c2ccccc2-c2ccccc21)CC(=O)O.I.